The van der Waals surface area contributed by atoms with Crippen molar-refractivity contribution < 1.29 is 9.90 Å². The second-order valence-electron chi connectivity index (χ2n) is 6.55. The zero-order valence-electron chi connectivity index (χ0n) is 14.4. The quantitative estimate of drug-likeness (QED) is 0.614. The van der Waals surface area contributed by atoms with Gasteiger partial charge < -0.3 is 5.11 Å². The molecule has 128 valence electrons. The van der Waals surface area contributed by atoms with Crippen LogP contribution in [0.5, 0.6) is 0 Å². The fraction of sp³-hybridized carbons (Fsp3) is 0.611. The molecule has 0 aliphatic carbocycles. The van der Waals surface area contributed by atoms with Crippen LogP contribution in [-0.4, -0.2) is 59.5 Å². The molecule has 23 heavy (non-hydrogen) atoms. The van der Waals surface area contributed by atoms with E-state index in [9.17, 15) is 9.90 Å². The van der Waals surface area contributed by atoms with Crippen molar-refractivity contribution in [1.29, 1.82) is 0 Å². The van der Waals surface area contributed by atoms with E-state index in [0.29, 0.717) is 6.04 Å². The van der Waals surface area contributed by atoms with Crippen molar-refractivity contribution in [3.8, 4) is 0 Å². The summed E-state index contributed by atoms with van der Waals surface area (Å²) in [5, 5.41) is 11.4. The molecule has 0 amide bonds. The van der Waals surface area contributed by atoms with Crippen LogP contribution < -0.4 is 0 Å². The lowest BCUT2D eigenvalue weighted by atomic mass is 10.1. The van der Waals surface area contributed by atoms with Gasteiger partial charge in [-0.3, -0.25) is 14.6 Å². The van der Waals surface area contributed by atoms with Crippen LogP contribution in [0.3, 0.4) is 0 Å². The molecule has 2 rings (SSSR count). The molecule has 0 spiro atoms. The Labute approximate surface area is 143 Å². The normalized spacial score (nSPS) is 19.7. The Morgan fingerprint density at radius 2 is 2.17 bits per heavy atom. The monoisotopic (exact) mass is 336 g/mol. The maximum Gasteiger partial charge on any atom is 0.169 e. The van der Waals surface area contributed by atoms with Crippen LogP contribution in [0.2, 0.25) is 0 Å². The molecule has 1 fully saturated rings. The van der Waals surface area contributed by atoms with Crippen LogP contribution in [0.15, 0.2) is 23.1 Å². The zero-order valence-corrected chi connectivity index (χ0v) is 15.2. The van der Waals surface area contributed by atoms with Gasteiger partial charge in [0.1, 0.15) is 0 Å². The number of aliphatic hydroxyl groups excluding tert-OH is 1. The van der Waals surface area contributed by atoms with Gasteiger partial charge >= 0.3 is 0 Å². The summed E-state index contributed by atoms with van der Waals surface area (Å²) in [4.78, 5) is 17.2. The van der Waals surface area contributed by atoms with Crippen LogP contribution in [0.25, 0.3) is 0 Å². The summed E-state index contributed by atoms with van der Waals surface area (Å²) in [6.45, 7) is 11.0. The van der Waals surface area contributed by atoms with Crippen molar-refractivity contribution in [2.75, 3.05) is 32.8 Å². The summed E-state index contributed by atoms with van der Waals surface area (Å²) >= 11 is 1.53. The van der Waals surface area contributed by atoms with Crippen LogP contribution in [0, 0.1) is 0 Å². The number of allylic oxidation sites excluding steroid dienone is 1. The fourth-order valence-electron chi connectivity index (χ4n) is 2.97. The van der Waals surface area contributed by atoms with E-state index >= 15 is 0 Å². The van der Waals surface area contributed by atoms with Gasteiger partial charge in [-0.25, -0.2) is 0 Å². The molecule has 1 aromatic heterocycles. The molecule has 0 unspecified atom stereocenters. The number of nitrogens with zero attached hydrogens (tertiary/aromatic N) is 2. The summed E-state index contributed by atoms with van der Waals surface area (Å²) in [6, 6.07) is 2.42. The zero-order chi connectivity index (χ0) is 16.8. The number of carbonyl (C=O) groups excluding carboxylic acids is 1. The standard InChI is InChI=1S/C18H28N2O2S/c1-14(2)4-6-20-8-7-19(12-17(20)5-9-21)11-16-10-18(15(3)22)23-13-16/h4,10,13,17,21H,5-9,11-12H2,1-3H3/t17-/m1/s1. The maximum absolute atomic E-state index is 11.4. The van der Waals surface area contributed by atoms with E-state index in [4.69, 9.17) is 0 Å². The highest BCUT2D eigenvalue weighted by atomic mass is 32.1. The number of piperazine rings is 1. The molecule has 1 aromatic rings. The van der Waals surface area contributed by atoms with Crippen molar-refractivity contribution in [2.24, 2.45) is 0 Å². The van der Waals surface area contributed by atoms with E-state index in [-0.39, 0.29) is 12.4 Å². The van der Waals surface area contributed by atoms with Gasteiger partial charge in [-0.1, -0.05) is 11.6 Å². The predicted octanol–water partition coefficient (Wildman–Crippen LogP) is 2.79. The summed E-state index contributed by atoms with van der Waals surface area (Å²) in [5.74, 6) is 0.144. The van der Waals surface area contributed by atoms with Crippen molar-refractivity contribution in [3.63, 3.8) is 0 Å². The third kappa shape index (κ3) is 5.53. The second kappa shape index (κ2) is 8.73. The first-order chi connectivity index (χ1) is 11.0. The molecule has 1 aliphatic rings. The van der Waals surface area contributed by atoms with E-state index in [0.717, 1.165) is 44.0 Å². The van der Waals surface area contributed by atoms with Gasteiger partial charge in [-0.2, -0.15) is 0 Å². The van der Waals surface area contributed by atoms with Crippen molar-refractivity contribution in [1.82, 2.24) is 9.80 Å². The fourth-order valence-corrected chi connectivity index (χ4v) is 3.77. The Kier molecular flexibility index (Phi) is 6.96. The lowest BCUT2D eigenvalue weighted by Crippen LogP contribution is -2.53. The van der Waals surface area contributed by atoms with Crippen LogP contribution in [0.1, 0.15) is 42.4 Å². The van der Waals surface area contributed by atoms with Crippen LogP contribution in [-0.2, 0) is 6.54 Å². The molecule has 4 nitrogen and oxygen atoms in total. The molecule has 5 heteroatoms. The van der Waals surface area contributed by atoms with Crippen molar-refractivity contribution in [2.45, 2.75) is 39.8 Å². The minimum atomic E-state index is 0.144. The Hall–Kier alpha value is -1.01. The molecule has 0 aromatic carbocycles. The average molecular weight is 337 g/mol. The second-order valence-corrected chi connectivity index (χ2v) is 7.46. The Morgan fingerprint density at radius 3 is 2.78 bits per heavy atom. The van der Waals surface area contributed by atoms with E-state index in [1.165, 1.54) is 22.5 Å². The summed E-state index contributed by atoms with van der Waals surface area (Å²) in [5.41, 5.74) is 2.56. The highest BCUT2D eigenvalue weighted by molar-refractivity contribution is 7.12. The van der Waals surface area contributed by atoms with Crippen LogP contribution >= 0.6 is 11.3 Å². The number of rotatable bonds is 7. The van der Waals surface area contributed by atoms with E-state index in [1.54, 1.807) is 6.92 Å². The first-order valence-corrected chi connectivity index (χ1v) is 9.16. The van der Waals surface area contributed by atoms with Gasteiger partial charge in [0.25, 0.3) is 0 Å². The topological polar surface area (TPSA) is 43.8 Å². The lowest BCUT2D eigenvalue weighted by Gasteiger charge is -2.41. The largest absolute Gasteiger partial charge is 0.396 e. The molecule has 2 heterocycles. The Bertz CT molecular complexity index is 549. The number of carbonyl (C=O) groups is 1. The van der Waals surface area contributed by atoms with Gasteiger partial charge in [0.2, 0.25) is 0 Å². The number of hydrogen-bond acceptors (Lipinski definition) is 5. The third-order valence-electron chi connectivity index (χ3n) is 4.29. The first kappa shape index (κ1) is 18.3. The van der Waals surface area contributed by atoms with Crippen molar-refractivity contribution >= 4 is 17.1 Å². The van der Waals surface area contributed by atoms with E-state index in [1.807, 2.05) is 6.07 Å². The van der Waals surface area contributed by atoms with Gasteiger partial charge in [-0.15, -0.1) is 11.3 Å². The van der Waals surface area contributed by atoms with Crippen LogP contribution in [0.4, 0.5) is 0 Å². The molecule has 1 N–H and O–H groups in total. The Balaban J connectivity index is 1.94. The minimum absolute atomic E-state index is 0.144. The molecule has 0 radical (unpaired) electrons. The third-order valence-corrected chi connectivity index (χ3v) is 5.37. The number of thiophene rings is 1. The van der Waals surface area contributed by atoms with Gasteiger partial charge in [0, 0.05) is 45.4 Å². The molecule has 1 atom stereocenters. The molecular formula is C18H28N2O2S. The average Bonchev–Trinajstić information content (AvgIpc) is 2.95. The first-order valence-electron chi connectivity index (χ1n) is 8.28. The molecule has 0 saturated carbocycles. The maximum atomic E-state index is 11.4. The molecule has 1 saturated heterocycles. The summed E-state index contributed by atoms with van der Waals surface area (Å²) < 4.78 is 0. The molecule has 1 aliphatic heterocycles. The minimum Gasteiger partial charge on any atom is -0.396 e. The van der Waals surface area contributed by atoms with E-state index in [2.05, 4.69) is 35.1 Å². The van der Waals surface area contributed by atoms with Gasteiger partial charge in [0.05, 0.1) is 4.88 Å². The van der Waals surface area contributed by atoms with Gasteiger partial charge in [0.15, 0.2) is 5.78 Å². The highest BCUT2D eigenvalue weighted by Crippen LogP contribution is 2.20. The number of ketones is 1. The van der Waals surface area contributed by atoms with Crippen molar-refractivity contribution in [3.05, 3.63) is 33.5 Å². The summed E-state index contributed by atoms with van der Waals surface area (Å²) in [7, 11) is 0. The summed E-state index contributed by atoms with van der Waals surface area (Å²) in [6.07, 6.45) is 3.08. The highest BCUT2D eigenvalue weighted by Gasteiger charge is 2.26. The van der Waals surface area contributed by atoms with E-state index < -0.39 is 0 Å². The predicted molar refractivity (Wildman–Crippen MR) is 96.1 cm³/mol. The Morgan fingerprint density at radius 1 is 1.39 bits per heavy atom. The number of aliphatic hydroxyl groups is 1. The SMILES string of the molecule is CC(=O)c1cc(CN2CCN(CC=C(C)C)[C@H](CCO)C2)cs1. The van der Waals surface area contributed by atoms with Gasteiger partial charge in [-0.05, 0) is 44.2 Å². The number of hydrogen-bond donors (Lipinski definition) is 1. The lowest BCUT2D eigenvalue weighted by molar-refractivity contribution is 0.0637. The molecule has 0 bridgehead atoms. The number of Topliss-reactive ketones (excluding diaryl/α,β-unsaturated/α-hetero) is 1. The molecular weight excluding hydrogens is 308 g/mol. The smallest absolute Gasteiger partial charge is 0.169 e.